The third kappa shape index (κ3) is 3.80. The highest BCUT2D eigenvalue weighted by Crippen LogP contribution is 2.23. The molecular weight excluding hydrogens is 344 g/mol. The predicted octanol–water partition coefficient (Wildman–Crippen LogP) is 2.07. The summed E-state index contributed by atoms with van der Waals surface area (Å²) in [6, 6.07) is 4.30. The lowest BCUT2D eigenvalue weighted by Crippen LogP contribution is -2.47. The normalized spacial score (nSPS) is 20.4. The molecule has 4 rings (SSSR count). The fraction of sp³-hybridized carbons (Fsp3) is 0.421. The van der Waals surface area contributed by atoms with Gasteiger partial charge in [0, 0.05) is 48.2 Å². The van der Waals surface area contributed by atoms with Crippen LogP contribution in [0.15, 0.2) is 35.6 Å². The molecule has 4 heterocycles. The van der Waals surface area contributed by atoms with E-state index < -0.39 is 0 Å². The molecule has 1 unspecified atom stereocenters. The summed E-state index contributed by atoms with van der Waals surface area (Å²) in [6.07, 6.45) is 9.03. The van der Waals surface area contributed by atoms with E-state index in [4.69, 9.17) is 4.74 Å². The predicted molar refractivity (Wildman–Crippen MR) is 104 cm³/mol. The Kier molecular flexibility index (Phi) is 5.06. The first-order valence-corrected chi connectivity index (χ1v) is 9.35. The van der Waals surface area contributed by atoms with E-state index in [0.717, 1.165) is 35.1 Å². The van der Waals surface area contributed by atoms with Crippen LogP contribution in [0.25, 0.3) is 16.7 Å². The van der Waals surface area contributed by atoms with E-state index in [9.17, 15) is 4.79 Å². The summed E-state index contributed by atoms with van der Waals surface area (Å²) < 4.78 is 5.07. The molecule has 0 bridgehead atoms. The van der Waals surface area contributed by atoms with Crippen molar-refractivity contribution in [2.45, 2.75) is 32.0 Å². The van der Waals surface area contributed by atoms with Gasteiger partial charge in [0.25, 0.3) is 0 Å². The summed E-state index contributed by atoms with van der Waals surface area (Å²) >= 11 is 0. The SMILES string of the molecule is CCOC(=O)N1CCC(NC2C=C(c3c[nH]c4ncccc34)NC=N2)CC1. The first kappa shape index (κ1) is 17.5. The minimum absolute atomic E-state index is 0.0954. The van der Waals surface area contributed by atoms with Crippen molar-refractivity contribution in [1.82, 2.24) is 25.5 Å². The molecule has 1 saturated heterocycles. The number of H-pyrrole nitrogens is 1. The molecule has 8 nitrogen and oxygen atoms in total. The minimum Gasteiger partial charge on any atom is -0.450 e. The average molecular weight is 368 g/mol. The molecule has 2 aromatic rings. The van der Waals surface area contributed by atoms with Crippen molar-refractivity contribution in [3.63, 3.8) is 0 Å². The second-order valence-electron chi connectivity index (χ2n) is 6.68. The number of ether oxygens (including phenoxy) is 1. The summed E-state index contributed by atoms with van der Waals surface area (Å²) in [5.41, 5.74) is 2.95. The first-order chi connectivity index (χ1) is 13.2. The number of aliphatic imine (C=N–C) groups is 1. The van der Waals surface area contributed by atoms with Gasteiger partial charge >= 0.3 is 6.09 Å². The number of hydrogen-bond acceptors (Lipinski definition) is 6. The van der Waals surface area contributed by atoms with Crippen molar-refractivity contribution in [3.8, 4) is 0 Å². The van der Waals surface area contributed by atoms with E-state index >= 15 is 0 Å². The number of fused-ring (bicyclic) bond motifs is 1. The van der Waals surface area contributed by atoms with Gasteiger partial charge in [0.15, 0.2) is 0 Å². The lowest BCUT2D eigenvalue weighted by molar-refractivity contribution is 0.0947. The number of aromatic amines is 1. The standard InChI is InChI=1S/C19H24N6O2/c1-2-27-19(26)25-8-5-13(6-9-25)24-17-10-16(22-12-23-17)15-11-21-18-14(15)4-3-7-20-18/h3-4,7,10-13,17,24H,2,5-6,8-9H2,1H3,(H,20,21)(H,22,23). The molecule has 0 aromatic carbocycles. The van der Waals surface area contributed by atoms with Gasteiger partial charge in [0.2, 0.25) is 0 Å². The van der Waals surface area contributed by atoms with Gasteiger partial charge in [-0.2, -0.15) is 0 Å². The molecule has 0 spiro atoms. The summed E-state index contributed by atoms with van der Waals surface area (Å²) in [4.78, 5) is 25.6. The summed E-state index contributed by atoms with van der Waals surface area (Å²) in [5, 5.41) is 7.88. The molecule has 0 saturated carbocycles. The first-order valence-electron chi connectivity index (χ1n) is 9.35. The van der Waals surface area contributed by atoms with Crippen LogP contribution in [0.5, 0.6) is 0 Å². The smallest absolute Gasteiger partial charge is 0.409 e. The Morgan fingerprint density at radius 1 is 1.41 bits per heavy atom. The van der Waals surface area contributed by atoms with E-state index in [-0.39, 0.29) is 12.3 Å². The molecule has 8 heteroatoms. The molecule has 27 heavy (non-hydrogen) atoms. The molecule has 2 aliphatic rings. The topological polar surface area (TPSA) is 94.6 Å². The minimum atomic E-state index is -0.217. The zero-order chi connectivity index (χ0) is 18.6. The zero-order valence-corrected chi connectivity index (χ0v) is 15.3. The van der Waals surface area contributed by atoms with E-state index in [1.165, 1.54) is 0 Å². The summed E-state index contributed by atoms with van der Waals surface area (Å²) in [5.74, 6) is 0. The fourth-order valence-corrected chi connectivity index (χ4v) is 3.56. The summed E-state index contributed by atoms with van der Waals surface area (Å²) in [7, 11) is 0. The number of nitrogens with one attached hydrogen (secondary N) is 3. The van der Waals surface area contributed by atoms with E-state index in [2.05, 4.69) is 37.7 Å². The number of nitrogens with zero attached hydrogens (tertiary/aromatic N) is 3. The van der Waals surface area contributed by atoms with Crippen molar-refractivity contribution in [2.24, 2.45) is 4.99 Å². The Balaban J connectivity index is 1.39. The number of piperidine rings is 1. The number of amides is 1. The van der Waals surface area contributed by atoms with Gasteiger partial charge in [0.05, 0.1) is 12.9 Å². The molecule has 1 fully saturated rings. The lowest BCUT2D eigenvalue weighted by Gasteiger charge is -2.33. The van der Waals surface area contributed by atoms with E-state index in [1.807, 2.05) is 19.2 Å². The van der Waals surface area contributed by atoms with Crippen LogP contribution in [-0.2, 0) is 4.74 Å². The van der Waals surface area contributed by atoms with Gasteiger partial charge in [-0.25, -0.2) is 9.78 Å². The van der Waals surface area contributed by atoms with Crippen molar-refractivity contribution in [1.29, 1.82) is 0 Å². The van der Waals surface area contributed by atoms with Crippen LogP contribution >= 0.6 is 0 Å². The van der Waals surface area contributed by atoms with Gasteiger partial charge < -0.3 is 19.9 Å². The Bertz CT molecular complexity index is 866. The highest BCUT2D eigenvalue weighted by Gasteiger charge is 2.25. The van der Waals surface area contributed by atoms with E-state index in [1.54, 1.807) is 17.4 Å². The quantitative estimate of drug-likeness (QED) is 0.768. The summed E-state index contributed by atoms with van der Waals surface area (Å²) in [6.45, 7) is 3.65. The second kappa shape index (κ2) is 7.79. The van der Waals surface area contributed by atoms with Gasteiger partial charge in [-0.05, 0) is 38.0 Å². The third-order valence-corrected chi connectivity index (χ3v) is 4.95. The third-order valence-electron chi connectivity index (χ3n) is 4.95. The highest BCUT2D eigenvalue weighted by atomic mass is 16.6. The van der Waals surface area contributed by atoms with Crippen molar-refractivity contribution >= 4 is 29.2 Å². The number of rotatable bonds is 4. The molecule has 2 aromatic heterocycles. The Morgan fingerprint density at radius 2 is 2.26 bits per heavy atom. The van der Waals surface area contributed by atoms with Crippen LogP contribution < -0.4 is 10.6 Å². The average Bonchev–Trinajstić information content (AvgIpc) is 3.13. The van der Waals surface area contributed by atoms with Crippen LogP contribution in [0.2, 0.25) is 0 Å². The van der Waals surface area contributed by atoms with Crippen LogP contribution in [0, 0.1) is 0 Å². The van der Waals surface area contributed by atoms with Crippen molar-refractivity contribution < 1.29 is 9.53 Å². The van der Waals surface area contributed by atoms with Gasteiger partial charge in [-0.1, -0.05) is 0 Å². The molecular formula is C19H24N6O2. The molecule has 3 N–H and O–H groups in total. The molecule has 2 aliphatic heterocycles. The van der Waals surface area contributed by atoms with Crippen molar-refractivity contribution in [2.75, 3.05) is 19.7 Å². The maximum absolute atomic E-state index is 11.8. The van der Waals surface area contributed by atoms with Crippen LogP contribution in [-0.4, -0.2) is 59.2 Å². The highest BCUT2D eigenvalue weighted by molar-refractivity contribution is 5.93. The number of aromatic nitrogens is 2. The van der Waals surface area contributed by atoms with Crippen LogP contribution in [0.1, 0.15) is 25.3 Å². The van der Waals surface area contributed by atoms with Gasteiger partial charge in [-0.3, -0.25) is 10.3 Å². The maximum Gasteiger partial charge on any atom is 0.409 e. The molecule has 1 amide bonds. The second-order valence-corrected chi connectivity index (χ2v) is 6.68. The van der Waals surface area contributed by atoms with E-state index in [0.29, 0.717) is 25.7 Å². The Morgan fingerprint density at radius 3 is 3.07 bits per heavy atom. The Labute approximate surface area is 157 Å². The molecule has 1 atom stereocenters. The molecule has 142 valence electrons. The lowest BCUT2D eigenvalue weighted by atomic mass is 10.0. The number of carbonyl (C=O) groups excluding carboxylic acids is 1. The largest absolute Gasteiger partial charge is 0.450 e. The number of likely N-dealkylation sites (tertiary alicyclic amines) is 1. The maximum atomic E-state index is 11.8. The molecule has 0 aliphatic carbocycles. The number of hydrogen-bond donors (Lipinski definition) is 3. The monoisotopic (exact) mass is 368 g/mol. The van der Waals surface area contributed by atoms with Crippen molar-refractivity contribution in [3.05, 3.63) is 36.2 Å². The fourth-order valence-electron chi connectivity index (χ4n) is 3.56. The zero-order valence-electron chi connectivity index (χ0n) is 15.3. The Hall–Kier alpha value is -2.87. The molecule has 0 radical (unpaired) electrons. The number of carbonyl (C=O) groups is 1. The number of pyridine rings is 1. The van der Waals surface area contributed by atoms with Gasteiger partial charge in [-0.15, -0.1) is 0 Å². The van der Waals surface area contributed by atoms with Crippen LogP contribution in [0.4, 0.5) is 4.79 Å². The van der Waals surface area contributed by atoms with Crippen LogP contribution in [0.3, 0.4) is 0 Å². The van der Waals surface area contributed by atoms with Gasteiger partial charge in [0.1, 0.15) is 11.8 Å².